The van der Waals surface area contributed by atoms with E-state index in [9.17, 15) is 9.90 Å². The minimum Gasteiger partial charge on any atom is -0.391 e. The molecule has 2 fully saturated rings. The summed E-state index contributed by atoms with van der Waals surface area (Å²) in [6, 6.07) is 4.43. The van der Waals surface area contributed by atoms with Gasteiger partial charge in [0.15, 0.2) is 5.69 Å². The van der Waals surface area contributed by atoms with Gasteiger partial charge in [-0.1, -0.05) is 5.21 Å². The molecule has 0 bridgehead atoms. The zero-order valence-corrected chi connectivity index (χ0v) is 17.8. The molecule has 3 N–H and O–H groups in total. The van der Waals surface area contributed by atoms with Crippen LogP contribution in [0.4, 0.5) is 0 Å². The molecule has 160 valence electrons. The molecule has 1 aliphatic heterocycles. The van der Waals surface area contributed by atoms with Crippen molar-refractivity contribution < 1.29 is 9.90 Å². The first-order valence-corrected chi connectivity index (χ1v) is 9.64. The number of carbonyl (C=O) groups excluding carboxylic acids is 1. The highest BCUT2D eigenvalue weighted by molar-refractivity contribution is 5.92. The second-order valence-electron chi connectivity index (χ2n) is 7.75. The summed E-state index contributed by atoms with van der Waals surface area (Å²) < 4.78 is 1.81. The number of likely N-dealkylation sites (tertiary alicyclic amines) is 1. The molecule has 1 saturated carbocycles. The van der Waals surface area contributed by atoms with Crippen LogP contribution in [0, 0.1) is 5.92 Å². The number of hydrogen-bond donors (Lipinski definition) is 2. The molecule has 2 atom stereocenters. The summed E-state index contributed by atoms with van der Waals surface area (Å²) in [6.45, 7) is 0.854. The predicted octanol–water partition coefficient (Wildman–Crippen LogP) is 1.63. The van der Waals surface area contributed by atoms with E-state index in [1.165, 1.54) is 0 Å². The third kappa shape index (κ3) is 5.45. The molecule has 4 rings (SSSR count). The van der Waals surface area contributed by atoms with Crippen molar-refractivity contribution in [1.82, 2.24) is 24.9 Å². The third-order valence-corrected chi connectivity index (χ3v) is 5.79. The summed E-state index contributed by atoms with van der Waals surface area (Å²) in [5, 5.41) is 18.6. The van der Waals surface area contributed by atoms with E-state index < -0.39 is 6.10 Å². The number of rotatable bonds is 4. The van der Waals surface area contributed by atoms with E-state index in [0.29, 0.717) is 18.8 Å². The summed E-state index contributed by atoms with van der Waals surface area (Å²) in [5.74, 6) is -0.142. The Kier molecular flexibility index (Phi) is 8.39. The lowest BCUT2D eigenvalue weighted by atomic mass is 9.92. The second kappa shape index (κ2) is 10.3. The third-order valence-electron chi connectivity index (χ3n) is 5.79. The van der Waals surface area contributed by atoms with Crippen LogP contribution in [-0.4, -0.2) is 61.1 Å². The topological polar surface area (TPSA) is 110 Å². The molecule has 2 aromatic rings. The van der Waals surface area contributed by atoms with Crippen molar-refractivity contribution in [3.8, 4) is 0 Å². The van der Waals surface area contributed by atoms with Gasteiger partial charge in [0.05, 0.1) is 18.3 Å². The lowest BCUT2D eigenvalue weighted by molar-refractivity contribution is 0.0758. The smallest absolute Gasteiger partial charge is 0.276 e. The number of carbonyl (C=O) groups is 1. The maximum absolute atomic E-state index is 12.8. The Morgan fingerprint density at radius 1 is 1.14 bits per heavy atom. The van der Waals surface area contributed by atoms with Crippen molar-refractivity contribution in [1.29, 1.82) is 0 Å². The van der Waals surface area contributed by atoms with Crippen molar-refractivity contribution >= 4 is 30.7 Å². The molecule has 0 aromatic carbocycles. The maximum Gasteiger partial charge on any atom is 0.276 e. The zero-order valence-electron chi connectivity index (χ0n) is 16.1. The highest BCUT2D eigenvalue weighted by Gasteiger charge is 2.35. The van der Waals surface area contributed by atoms with Gasteiger partial charge in [0.1, 0.15) is 0 Å². The van der Waals surface area contributed by atoms with E-state index >= 15 is 0 Å². The van der Waals surface area contributed by atoms with Gasteiger partial charge in [0.25, 0.3) is 5.91 Å². The average molecular weight is 443 g/mol. The van der Waals surface area contributed by atoms with E-state index in [0.717, 1.165) is 37.7 Å². The maximum atomic E-state index is 12.8. The fourth-order valence-corrected chi connectivity index (χ4v) is 4.12. The zero-order chi connectivity index (χ0) is 18.8. The summed E-state index contributed by atoms with van der Waals surface area (Å²) in [4.78, 5) is 18.5. The van der Waals surface area contributed by atoms with Crippen LogP contribution in [0.15, 0.2) is 30.7 Å². The van der Waals surface area contributed by atoms with Gasteiger partial charge in [-0.05, 0) is 49.8 Å². The molecule has 8 nitrogen and oxygen atoms in total. The molecule has 0 radical (unpaired) electrons. The minimum atomic E-state index is -0.531. The van der Waals surface area contributed by atoms with Crippen LogP contribution < -0.4 is 5.73 Å². The van der Waals surface area contributed by atoms with Crippen molar-refractivity contribution in [2.45, 2.75) is 50.3 Å². The lowest BCUT2D eigenvalue weighted by Gasteiger charge is -2.25. The second-order valence-corrected chi connectivity index (χ2v) is 7.75. The van der Waals surface area contributed by atoms with Gasteiger partial charge in [-0.15, -0.1) is 29.9 Å². The van der Waals surface area contributed by atoms with E-state index in [4.69, 9.17) is 5.73 Å². The van der Waals surface area contributed by atoms with Gasteiger partial charge >= 0.3 is 0 Å². The summed E-state index contributed by atoms with van der Waals surface area (Å²) in [7, 11) is 0. The first kappa shape index (κ1) is 23.5. The number of aliphatic hydroxyl groups is 1. The average Bonchev–Trinajstić information content (AvgIpc) is 3.30. The predicted molar refractivity (Wildman–Crippen MR) is 113 cm³/mol. The molecule has 2 aromatic heterocycles. The number of aromatic nitrogens is 4. The molecule has 29 heavy (non-hydrogen) atoms. The SMILES string of the molecule is Cl.Cl.NC1CCC(n2cc(C(=O)N3C[C@@H](Cc4ccncc4)[C@@H](O)C3)nn2)CC1. The van der Waals surface area contributed by atoms with Gasteiger partial charge in [-0.2, -0.15) is 0 Å². The molecule has 0 unspecified atom stereocenters. The summed E-state index contributed by atoms with van der Waals surface area (Å²) in [6.07, 6.45) is 9.31. The first-order chi connectivity index (χ1) is 13.1. The fraction of sp³-hybridized carbons (Fsp3) is 0.579. The van der Waals surface area contributed by atoms with E-state index in [1.54, 1.807) is 28.2 Å². The van der Waals surface area contributed by atoms with Gasteiger partial charge in [-0.3, -0.25) is 9.78 Å². The largest absolute Gasteiger partial charge is 0.391 e. The number of β-amino-alcohol motifs (C(OH)–C–C–N with tert-alkyl or cyclic N) is 1. The van der Waals surface area contributed by atoms with Crippen LogP contribution >= 0.6 is 24.8 Å². The van der Waals surface area contributed by atoms with Crippen LogP contribution in [0.25, 0.3) is 0 Å². The Morgan fingerprint density at radius 3 is 2.52 bits per heavy atom. The van der Waals surface area contributed by atoms with Gasteiger partial charge < -0.3 is 15.7 Å². The molecule has 3 heterocycles. The highest BCUT2D eigenvalue weighted by atomic mass is 35.5. The van der Waals surface area contributed by atoms with Crippen LogP contribution in [0.1, 0.15) is 47.8 Å². The quantitative estimate of drug-likeness (QED) is 0.744. The van der Waals surface area contributed by atoms with Crippen molar-refractivity contribution in [2.75, 3.05) is 13.1 Å². The number of halogens is 2. The molecule has 1 saturated heterocycles. The molecule has 2 aliphatic rings. The fourth-order valence-electron chi connectivity index (χ4n) is 4.12. The van der Waals surface area contributed by atoms with Gasteiger partial charge in [0, 0.05) is 37.4 Å². The Bertz CT molecular complexity index is 782. The first-order valence-electron chi connectivity index (χ1n) is 9.64. The van der Waals surface area contributed by atoms with Crippen molar-refractivity contribution in [3.05, 3.63) is 42.0 Å². The Hall–Kier alpha value is -1.74. The van der Waals surface area contributed by atoms with Crippen LogP contribution in [-0.2, 0) is 6.42 Å². The van der Waals surface area contributed by atoms with Crippen LogP contribution in [0.5, 0.6) is 0 Å². The van der Waals surface area contributed by atoms with Crippen LogP contribution in [0.3, 0.4) is 0 Å². The molecular weight excluding hydrogens is 415 g/mol. The number of aliphatic hydroxyl groups excluding tert-OH is 1. The molecule has 10 heteroatoms. The summed E-state index contributed by atoms with van der Waals surface area (Å²) in [5.41, 5.74) is 7.42. The Morgan fingerprint density at radius 2 is 1.83 bits per heavy atom. The number of hydrogen-bond acceptors (Lipinski definition) is 6. The number of pyridine rings is 1. The van der Waals surface area contributed by atoms with E-state index in [1.807, 2.05) is 12.1 Å². The number of amides is 1. The summed E-state index contributed by atoms with van der Waals surface area (Å²) >= 11 is 0. The van der Waals surface area contributed by atoms with Crippen molar-refractivity contribution in [3.63, 3.8) is 0 Å². The lowest BCUT2D eigenvalue weighted by Crippen LogP contribution is -2.30. The minimum absolute atomic E-state index is 0. The van der Waals surface area contributed by atoms with Gasteiger partial charge in [-0.25, -0.2) is 4.68 Å². The molecular formula is C19H28Cl2N6O2. The Balaban J connectivity index is 0.00000150. The van der Waals surface area contributed by atoms with Gasteiger partial charge in [0.2, 0.25) is 0 Å². The van der Waals surface area contributed by atoms with E-state index in [-0.39, 0.29) is 48.7 Å². The normalized spacial score (nSPS) is 26.5. The molecule has 1 aliphatic carbocycles. The van der Waals surface area contributed by atoms with Crippen molar-refractivity contribution in [2.24, 2.45) is 11.7 Å². The number of nitrogens with two attached hydrogens (primary N) is 1. The highest BCUT2D eigenvalue weighted by Crippen LogP contribution is 2.27. The molecule has 1 amide bonds. The standard InChI is InChI=1S/C19H26N6O2.2ClH/c20-15-1-3-16(4-2-15)25-11-17(22-23-25)19(27)24-10-14(18(26)12-24)9-13-5-7-21-8-6-13;;/h5-8,11,14-16,18,26H,1-4,9-10,12,20H2;2*1H/t14-,15?,16?,18+;;/m1../s1. The molecule has 0 spiro atoms. The Labute approximate surface area is 182 Å². The van der Waals surface area contributed by atoms with Crippen LogP contribution in [0.2, 0.25) is 0 Å². The number of nitrogens with zero attached hydrogens (tertiary/aromatic N) is 5. The monoisotopic (exact) mass is 442 g/mol. The van der Waals surface area contributed by atoms with E-state index in [2.05, 4.69) is 15.3 Å².